The van der Waals surface area contributed by atoms with E-state index in [9.17, 15) is 9.90 Å². The number of nitrogens with one attached hydrogen (secondary N) is 1. The van der Waals surface area contributed by atoms with E-state index in [0.717, 1.165) is 16.3 Å². The highest BCUT2D eigenvalue weighted by Gasteiger charge is 2.26. The maximum absolute atomic E-state index is 11.3. The molecule has 1 aromatic heterocycles. The zero-order chi connectivity index (χ0) is 15.1. The summed E-state index contributed by atoms with van der Waals surface area (Å²) in [5, 5.41) is 18.5. The number of hydrogen-bond acceptors (Lipinski definition) is 4. The molecule has 3 aromatic rings. The van der Waals surface area contributed by atoms with Gasteiger partial charge in [-0.1, -0.05) is 42.5 Å². The largest absolute Gasteiger partial charge is 0.477 e. The van der Waals surface area contributed by atoms with Gasteiger partial charge >= 0.3 is 5.97 Å². The average Bonchev–Trinajstić information content (AvgIpc) is 3.02. The topological polar surface area (TPSA) is 80.0 Å². The lowest BCUT2D eigenvalue weighted by atomic mass is 9.97. The molecule has 0 unspecified atom stereocenters. The number of fused-ring (bicyclic) bond motifs is 2. The second-order valence-electron chi connectivity index (χ2n) is 5.05. The van der Waals surface area contributed by atoms with Crippen LogP contribution in [0.1, 0.15) is 11.6 Å². The second kappa shape index (κ2) is 4.70. The normalized spacial score (nSPS) is 16.7. The molecule has 0 amide bonds. The number of carbonyl (C=O) groups is 1. The third kappa shape index (κ3) is 1.85. The summed E-state index contributed by atoms with van der Waals surface area (Å²) in [5.74, 6) is -0.586. The van der Waals surface area contributed by atoms with Gasteiger partial charge in [0.05, 0.1) is 0 Å². The Morgan fingerprint density at radius 2 is 2.00 bits per heavy atom. The van der Waals surface area contributed by atoms with E-state index in [1.807, 2.05) is 42.5 Å². The lowest BCUT2D eigenvalue weighted by Gasteiger charge is -2.23. The lowest BCUT2D eigenvalue weighted by molar-refractivity contribution is -0.132. The predicted octanol–water partition coefficient (Wildman–Crippen LogP) is 2.41. The van der Waals surface area contributed by atoms with Gasteiger partial charge in [0.1, 0.15) is 18.1 Å². The van der Waals surface area contributed by atoms with Crippen molar-refractivity contribution in [1.29, 1.82) is 0 Å². The fourth-order valence-electron chi connectivity index (χ4n) is 2.79. The van der Waals surface area contributed by atoms with Gasteiger partial charge in [-0.3, -0.25) is 0 Å². The van der Waals surface area contributed by atoms with Gasteiger partial charge in [-0.15, -0.1) is 0 Å². The van der Waals surface area contributed by atoms with Gasteiger partial charge in [0, 0.05) is 0 Å². The Morgan fingerprint density at radius 3 is 2.86 bits per heavy atom. The van der Waals surface area contributed by atoms with Crippen molar-refractivity contribution in [2.75, 3.05) is 5.32 Å². The van der Waals surface area contributed by atoms with Crippen molar-refractivity contribution in [3.8, 4) is 0 Å². The molecule has 4 rings (SSSR count). The van der Waals surface area contributed by atoms with Gasteiger partial charge in [-0.2, -0.15) is 10.1 Å². The second-order valence-corrected chi connectivity index (χ2v) is 5.05. The summed E-state index contributed by atoms with van der Waals surface area (Å²) in [6.07, 6.45) is 3.07. The molecule has 0 aliphatic carbocycles. The van der Waals surface area contributed by atoms with Crippen LogP contribution in [0, 0.1) is 0 Å². The molecule has 6 nitrogen and oxygen atoms in total. The van der Waals surface area contributed by atoms with Gasteiger partial charge in [0.25, 0.3) is 0 Å². The summed E-state index contributed by atoms with van der Waals surface area (Å²) in [6, 6.07) is 13.7. The van der Waals surface area contributed by atoms with E-state index in [2.05, 4.69) is 15.4 Å². The third-order valence-electron chi connectivity index (χ3n) is 3.78. The van der Waals surface area contributed by atoms with Crippen LogP contribution < -0.4 is 5.32 Å². The lowest BCUT2D eigenvalue weighted by Crippen LogP contribution is -2.24. The highest BCUT2D eigenvalue weighted by Crippen LogP contribution is 2.32. The van der Waals surface area contributed by atoms with Crippen LogP contribution in [0.4, 0.5) is 5.95 Å². The molecule has 1 atom stereocenters. The van der Waals surface area contributed by atoms with E-state index in [0.29, 0.717) is 5.95 Å². The number of rotatable bonds is 2. The van der Waals surface area contributed by atoms with Crippen molar-refractivity contribution in [2.45, 2.75) is 6.04 Å². The zero-order valence-electron chi connectivity index (χ0n) is 11.5. The molecule has 0 radical (unpaired) electrons. The highest BCUT2D eigenvalue weighted by atomic mass is 16.4. The van der Waals surface area contributed by atoms with Gasteiger partial charge in [-0.25, -0.2) is 9.48 Å². The third-order valence-corrected chi connectivity index (χ3v) is 3.78. The Morgan fingerprint density at radius 1 is 1.18 bits per heavy atom. The van der Waals surface area contributed by atoms with E-state index >= 15 is 0 Å². The van der Waals surface area contributed by atoms with Crippen molar-refractivity contribution in [1.82, 2.24) is 14.8 Å². The molecule has 22 heavy (non-hydrogen) atoms. The van der Waals surface area contributed by atoms with Crippen molar-refractivity contribution >= 4 is 22.7 Å². The molecule has 0 spiro atoms. The number of allylic oxidation sites excluding steroid dienone is 1. The number of carboxylic acids is 1. The number of hydrogen-bond donors (Lipinski definition) is 2. The van der Waals surface area contributed by atoms with Crippen LogP contribution in [0.3, 0.4) is 0 Å². The fraction of sp³-hybridized carbons (Fsp3) is 0.0625. The van der Waals surface area contributed by atoms with E-state index in [4.69, 9.17) is 0 Å². The maximum Gasteiger partial charge on any atom is 0.352 e. The first kappa shape index (κ1) is 12.6. The molecule has 0 fully saturated rings. The quantitative estimate of drug-likeness (QED) is 0.758. The van der Waals surface area contributed by atoms with Crippen molar-refractivity contribution in [3.05, 3.63) is 66.1 Å². The minimum atomic E-state index is -1.01. The predicted molar refractivity (Wildman–Crippen MR) is 81.5 cm³/mol. The van der Waals surface area contributed by atoms with Crippen molar-refractivity contribution in [3.63, 3.8) is 0 Å². The summed E-state index contributed by atoms with van der Waals surface area (Å²) in [5.41, 5.74) is 1.10. The monoisotopic (exact) mass is 292 g/mol. The fourth-order valence-corrected chi connectivity index (χ4v) is 2.79. The Hall–Kier alpha value is -3.15. The first-order valence-electron chi connectivity index (χ1n) is 6.83. The molecular weight excluding hydrogens is 280 g/mol. The minimum absolute atomic E-state index is 0.110. The molecule has 2 heterocycles. The molecule has 108 valence electrons. The van der Waals surface area contributed by atoms with Gasteiger partial charge in [-0.05, 0) is 22.4 Å². The van der Waals surface area contributed by atoms with E-state index < -0.39 is 5.97 Å². The van der Waals surface area contributed by atoms with Crippen LogP contribution in [0.2, 0.25) is 0 Å². The van der Waals surface area contributed by atoms with Crippen LogP contribution >= 0.6 is 0 Å². The maximum atomic E-state index is 11.3. The molecule has 1 aliphatic rings. The number of nitrogens with zero attached hydrogens (tertiary/aromatic N) is 3. The summed E-state index contributed by atoms with van der Waals surface area (Å²) < 4.78 is 1.69. The van der Waals surface area contributed by atoms with Crippen LogP contribution in [0.5, 0.6) is 0 Å². The highest BCUT2D eigenvalue weighted by molar-refractivity contribution is 5.91. The smallest absolute Gasteiger partial charge is 0.352 e. The van der Waals surface area contributed by atoms with Crippen molar-refractivity contribution < 1.29 is 9.90 Å². The summed E-state index contributed by atoms with van der Waals surface area (Å²) in [7, 11) is 0. The average molecular weight is 292 g/mol. The number of anilines is 1. The Labute approximate surface area is 125 Å². The molecular formula is C16H12N4O2. The Balaban J connectivity index is 1.96. The minimum Gasteiger partial charge on any atom is -0.477 e. The van der Waals surface area contributed by atoms with Crippen molar-refractivity contribution in [2.24, 2.45) is 0 Å². The SMILES string of the molecule is O=C(O)C1=C[C@H](c2cccc3ccccc23)n2ncnc2N1. The first-order chi connectivity index (χ1) is 10.7. The summed E-state index contributed by atoms with van der Waals surface area (Å²) >= 11 is 0. The number of carboxylic acid groups (broad SMARTS) is 1. The zero-order valence-corrected chi connectivity index (χ0v) is 11.5. The van der Waals surface area contributed by atoms with E-state index in [-0.39, 0.29) is 11.7 Å². The van der Waals surface area contributed by atoms with Crippen LogP contribution in [-0.2, 0) is 4.79 Å². The molecule has 1 aliphatic heterocycles. The molecule has 6 heteroatoms. The Bertz CT molecular complexity index is 908. The molecule has 2 aromatic carbocycles. The number of aliphatic carboxylic acids is 1. The first-order valence-corrected chi connectivity index (χ1v) is 6.83. The molecule has 0 saturated carbocycles. The van der Waals surface area contributed by atoms with Gasteiger partial charge in [0.2, 0.25) is 5.95 Å². The molecule has 2 N–H and O–H groups in total. The van der Waals surface area contributed by atoms with Crippen LogP contribution in [0.25, 0.3) is 10.8 Å². The molecule has 0 bridgehead atoms. The summed E-state index contributed by atoms with van der Waals surface area (Å²) in [6.45, 7) is 0. The Kier molecular flexibility index (Phi) is 2.69. The standard InChI is InChI=1S/C16H12N4O2/c21-15(22)13-8-14(20-16(19-13)17-9-18-20)12-7-3-5-10-4-1-2-6-11(10)12/h1-9,14H,(H,21,22)(H,17,18,19)/t14-/m1/s1. The van der Waals surface area contributed by atoms with Gasteiger partial charge < -0.3 is 10.4 Å². The van der Waals surface area contributed by atoms with E-state index in [1.54, 1.807) is 10.8 Å². The van der Waals surface area contributed by atoms with E-state index in [1.165, 1.54) is 6.33 Å². The number of aromatic nitrogens is 3. The summed E-state index contributed by atoms with van der Waals surface area (Å²) in [4.78, 5) is 15.4. The molecule has 0 saturated heterocycles. The van der Waals surface area contributed by atoms with Gasteiger partial charge in [0.15, 0.2) is 0 Å². The van der Waals surface area contributed by atoms with Crippen LogP contribution in [-0.4, -0.2) is 25.8 Å². The number of benzene rings is 2. The van der Waals surface area contributed by atoms with Crippen LogP contribution in [0.15, 0.2) is 60.6 Å².